The van der Waals surface area contributed by atoms with E-state index in [0.717, 1.165) is 21.4 Å². The maximum absolute atomic E-state index is 13.5. The van der Waals surface area contributed by atoms with Gasteiger partial charge in [0.2, 0.25) is 5.91 Å². The maximum atomic E-state index is 13.5. The van der Waals surface area contributed by atoms with Crippen molar-refractivity contribution in [3.8, 4) is 5.75 Å². The van der Waals surface area contributed by atoms with Crippen LogP contribution < -0.4 is 10.1 Å². The summed E-state index contributed by atoms with van der Waals surface area (Å²) < 4.78 is 5.32. The molecule has 0 spiro atoms. The summed E-state index contributed by atoms with van der Waals surface area (Å²) in [6.07, 6.45) is 0.543. The first-order valence-corrected chi connectivity index (χ1v) is 9.98. The molecule has 0 saturated carbocycles. The van der Waals surface area contributed by atoms with E-state index in [0.29, 0.717) is 24.4 Å². The van der Waals surface area contributed by atoms with Gasteiger partial charge in [0.05, 0.1) is 12.8 Å². The molecule has 10 nitrogen and oxygen atoms in total. The number of aromatic amines is 1. The van der Waals surface area contributed by atoms with E-state index in [1.54, 1.807) is 14.0 Å². The minimum Gasteiger partial charge on any atom is -0.497 e. The number of H-pyrrole nitrogens is 1. The number of amides is 4. The molecule has 2 aliphatic heterocycles. The van der Waals surface area contributed by atoms with Crippen molar-refractivity contribution in [2.45, 2.75) is 44.8 Å². The Hall–Kier alpha value is -3.56. The van der Waals surface area contributed by atoms with Crippen LogP contribution in [0.1, 0.15) is 32.0 Å². The van der Waals surface area contributed by atoms with Crippen LogP contribution in [0.2, 0.25) is 0 Å². The van der Waals surface area contributed by atoms with Gasteiger partial charge in [-0.1, -0.05) is 0 Å². The molecule has 2 aromatic rings. The zero-order chi connectivity index (χ0) is 22.7. The van der Waals surface area contributed by atoms with E-state index >= 15 is 0 Å². The van der Waals surface area contributed by atoms with Gasteiger partial charge in [-0.05, 0) is 51.0 Å². The number of hydrogen-bond acceptors (Lipinski definition) is 5. The number of aromatic nitrogens is 1. The lowest BCUT2D eigenvalue weighted by Gasteiger charge is -2.36. The fraction of sp³-hybridized carbons (Fsp3) is 0.429. The number of aliphatic carboxylic acids is 1. The fourth-order valence-corrected chi connectivity index (χ4v) is 4.43. The van der Waals surface area contributed by atoms with Crippen LogP contribution in [0.15, 0.2) is 18.2 Å². The number of carbonyl (C=O) groups is 4. The van der Waals surface area contributed by atoms with Crippen LogP contribution in [0.5, 0.6) is 5.75 Å². The number of rotatable bonds is 5. The minimum atomic E-state index is -1.29. The van der Waals surface area contributed by atoms with Crippen molar-refractivity contribution in [3.05, 3.63) is 29.5 Å². The Morgan fingerprint density at radius 1 is 1.29 bits per heavy atom. The Balaban J connectivity index is 1.73. The lowest BCUT2D eigenvalue weighted by Crippen LogP contribution is -2.52. The molecule has 10 heteroatoms. The SMILES string of the molecule is COc1ccc2[nH]c3c(c2c1)CCN1C(=O)N(C(C)C(=O)NC(C)C(=O)O)C(=O)C31C. The predicted molar refractivity (Wildman–Crippen MR) is 110 cm³/mol. The Morgan fingerprint density at radius 3 is 2.65 bits per heavy atom. The molecule has 1 fully saturated rings. The van der Waals surface area contributed by atoms with E-state index in [4.69, 9.17) is 9.84 Å². The van der Waals surface area contributed by atoms with Crippen molar-refractivity contribution < 1.29 is 29.0 Å². The summed E-state index contributed by atoms with van der Waals surface area (Å²) in [5.41, 5.74) is 1.10. The summed E-state index contributed by atoms with van der Waals surface area (Å²) in [7, 11) is 1.58. The molecule has 31 heavy (non-hydrogen) atoms. The van der Waals surface area contributed by atoms with Crippen LogP contribution in [0.25, 0.3) is 10.9 Å². The first-order valence-electron chi connectivity index (χ1n) is 9.98. The van der Waals surface area contributed by atoms with Gasteiger partial charge >= 0.3 is 12.0 Å². The van der Waals surface area contributed by atoms with Gasteiger partial charge in [0.1, 0.15) is 17.8 Å². The zero-order valence-electron chi connectivity index (χ0n) is 17.7. The Bertz CT molecular complexity index is 1120. The van der Waals surface area contributed by atoms with Crippen LogP contribution >= 0.6 is 0 Å². The van der Waals surface area contributed by atoms with Crippen LogP contribution in [0, 0.1) is 0 Å². The topological polar surface area (TPSA) is 132 Å². The standard InChI is InChI=1S/C21H24N4O6/c1-10(18(27)28)22-17(26)11(2)25-19(29)21(3)16-13(7-8-24(21)20(25)30)14-9-12(31-4)5-6-15(14)23-16/h5-6,9-11,23H,7-8H2,1-4H3,(H,22,26)(H,27,28). The summed E-state index contributed by atoms with van der Waals surface area (Å²) >= 11 is 0. The Labute approximate surface area is 178 Å². The van der Waals surface area contributed by atoms with Gasteiger partial charge in [-0.2, -0.15) is 0 Å². The van der Waals surface area contributed by atoms with Gasteiger partial charge in [-0.3, -0.25) is 14.4 Å². The van der Waals surface area contributed by atoms with Gasteiger partial charge in [0.15, 0.2) is 5.54 Å². The largest absolute Gasteiger partial charge is 0.497 e. The van der Waals surface area contributed by atoms with Gasteiger partial charge in [-0.15, -0.1) is 0 Å². The number of benzene rings is 1. The molecule has 2 aliphatic rings. The second-order valence-corrected chi connectivity index (χ2v) is 8.07. The smallest absolute Gasteiger partial charge is 0.328 e. The summed E-state index contributed by atoms with van der Waals surface area (Å²) in [5.74, 6) is -1.75. The number of carbonyl (C=O) groups excluding carboxylic acids is 3. The molecule has 3 unspecified atom stereocenters. The highest BCUT2D eigenvalue weighted by Crippen LogP contribution is 2.45. The molecule has 1 aromatic heterocycles. The molecule has 4 amide bonds. The molecule has 3 heterocycles. The summed E-state index contributed by atoms with van der Waals surface area (Å²) in [6, 6.07) is 2.71. The van der Waals surface area contributed by atoms with Gasteiger partial charge < -0.3 is 25.0 Å². The van der Waals surface area contributed by atoms with Crippen molar-refractivity contribution in [1.82, 2.24) is 20.1 Å². The number of nitrogens with one attached hydrogen (secondary N) is 2. The highest BCUT2D eigenvalue weighted by Gasteiger charge is 2.60. The molecule has 3 atom stereocenters. The molecule has 164 valence electrons. The van der Waals surface area contributed by atoms with E-state index in [9.17, 15) is 19.2 Å². The van der Waals surface area contributed by atoms with Crippen molar-refractivity contribution in [3.63, 3.8) is 0 Å². The van der Waals surface area contributed by atoms with Crippen molar-refractivity contribution in [2.24, 2.45) is 0 Å². The first kappa shape index (κ1) is 20.7. The summed E-state index contributed by atoms with van der Waals surface area (Å²) in [6.45, 7) is 4.71. The number of urea groups is 1. The molecule has 1 saturated heterocycles. The predicted octanol–water partition coefficient (Wildman–Crippen LogP) is 1.19. The second kappa shape index (κ2) is 7.00. The maximum Gasteiger partial charge on any atom is 0.328 e. The highest BCUT2D eigenvalue weighted by molar-refractivity contribution is 6.11. The lowest BCUT2D eigenvalue weighted by atomic mass is 9.87. The number of hydrogen-bond donors (Lipinski definition) is 3. The number of carboxylic acids is 1. The van der Waals surface area contributed by atoms with E-state index in [2.05, 4.69) is 10.3 Å². The molecule has 4 rings (SSSR count). The molecule has 0 radical (unpaired) electrons. The Kier molecular flexibility index (Phi) is 4.68. The first-order chi connectivity index (χ1) is 14.6. The van der Waals surface area contributed by atoms with E-state index < -0.39 is 41.4 Å². The average Bonchev–Trinajstić information content (AvgIpc) is 3.20. The van der Waals surface area contributed by atoms with Gasteiger partial charge in [-0.25, -0.2) is 9.69 Å². The summed E-state index contributed by atoms with van der Waals surface area (Å²) in [4.78, 5) is 55.9. The number of fused-ring (bicyclic) bond motifs is 5. The van der Waals surface area contributed by atoms with Crippen molar-refractivity contribution >= 4 is 34.7 Å². The molecular weight excluding hydrogens is 404 g/mol. The minimum absolute atomic E-state index is 0.314. The average molecular weight is 428 g/mol. The third-order valence-corrected chi connectivity index (χ3v) is 6.29. The third kappa shape index (κ3) is 2.85. The fourth-order valence-electron chi connectivity index (χ4n) is 4.43. The van der Waals surface area contributed by atoms with Crippen LogP contribution in [-0.2, 0) is 26.3 Å². The number of nitrogens with zero attached hydrogens (tertiary/aromatic N) is 2. The highest BCUT2D eigenvalue weighted by atomic mass is 16.5. The van der Waals surface area contributed by atoms with Crippen LogP contribution in [-0.4, -0.2) is 69.4 Å². The second-order valence-electron chi connectivity index (χ2n) is 8.07. The molecular formula is C21H24N4O6. The lowest BCUT2D eigenvalue weighted by molar-refractivity contribution is -0.143. The van der Waals surface area contributed by atoms with Crippen molar-refractivity contribution in [1.29, 1.82) is 0 Å². The van der Waals surface area contributed by atoms with Gasteiger partial charge in [0.25, 0.3) is 5.91 Å². The van der Waals surface area contributed by atoms with E-state index in [1.165, 1.54) is 18.7 Å². The van der Waals surface area contributed by atoms with E-state index in [-0.39, 0.29) is 0 Å². The van der Waals surface area contributed by atoms with Crippen LogP contribution in [0.3, 0.4) is 0 Å². The molecule has 3 N–H and O–H groups in total. The monoisotopic (exact) mass is 428 g/mol. The Morgan fingerprint density at radius 2 is 2.00 bits per heavy atom. The van der Waals surface area contributed by atoms with Crippen molar-refractivity contribution in [2.75, 3.05) is 13.7 Å². The summed E-state index contributed by atoms with van der Waals surface area (Å²) in [5, 5.41) is 12.3. The van der Waals surface area contributed by atoms with Gasteiger partial charge in [0, 0.05) is 17.4 Å². The normalized spacial score (nSPS) is 22.2. The molecule has 0 aliphatic carbocycles. The molecule has 1 aromatic carbocycles. The number of imide groups is 1. The molecule has 0 bridgehead atoms. The quantitative estimate of drug-likeness (QED) is 0.613. The van der Waals surface area contributed by atoms with Crippen LogP contribution in [0.4, 0.5) is 4.79 Å². The zero-order valence-corrected chi connectivity index (χ0v) is 17.7. The number of carboxylic acid groups (broad SMARTS) is 1. The van der Waals surface area contributed by atoms with E-state index in [1.807, 2.05) is 18.2 Å². The number of methoxy groups -OCH3 is 1. The number of ether oxygens (including phenoxy) is 1. The third-order valence-electron chi connectivity index (χ3n) is 6.29.